The molecule has 5 nitrogen and oxygen atoms in total. The van der Waals surface area contributed by atoms with Crippen molar-refractivity contribution in [1.82, 2.24) is 15.1 Å². The van der Waals surface area contributed by atoms with E-state index in [0.717, 1.165) is 26.2 Å². The molecule has 1 N–H and O–H groups in total. The first kappa shape index (κ1) is 16.4. The molecule has 0 aromatic rings. The van der Waals surface area contributed by atoms with Gasteiger partial charge in [-0.2, -0.15) is 0 Å². The van der Waals surface area contributed by atoms with Crippen molar-refractivity contribution in [3.63, 3.8) is 0 Å². The van der Waals surface area contributed by atoms with E-state index >= 15 is 0 Å². The second-order valence-corrected chi connectivity index (χ2v) is 5.64. The number of hydrogen-bond acceptors (Lipinski definition) is 5. The highest BCUT2D eigenvalue weighted by molar-refractivity contribution is 5.80. The van der Waals surface area contributed by atoms with Gasteiger partial charge in [-0.05, 0) is 27.3 Å². The van der Waals surface area contributed by atoms with Gasteiger partial charge < -0.3 is 10.1 Å². The van der Waals surface area contributed by atoms with E-state index in [1.165, 1.54) is 13.5 Å². The Labute approximate surface area is 117 Å². The zero-order valence-electron chi connectivity index (χ0n) is 13.0. The Balaban J connectivity index is 2.50. The molecule has 0 aromatic heterocycles. The van der Waals surface area contributed by atoms with Gasteiger partial charge in [0.25, 0.3) is 0 Å². The zero-order valence-corrected chi connectivity index (χ0v) is 13.0. The highest BCUT2D eigenvalue weighted by Gasteiger charge is 2.35. The van der Waals surface area contributed by atoms with Crippen LogP contribution in [-0.4, -0.2) is 74.2 Å². The van der Waals surface area contributed by atoms with Crippen molar-refractivity contribution in [2.24, 2.45) is 0 Å². The lowest BCUT2D eigenvalue weighted by Crippen LogP contribution is -2.59. The molecule has 0 amide bonds. The first-order chi connectivity index (χ1) is 8.96. The van der Waals surface area contributed by atoms with E-state index in [4.69, 9.17) is 4.74 Å². The van der Waals surface area contributed by atoms with Crippen LogP contribution in [0, 0.1) is 0 Å². The van der Waals surface area contributed by atoms with Gasteiger partial charge in [-0.25, -0.2) is 0 Å². The second-order valence-electron chi connectivity index (χ2n) is 5.64. The number of nitrogens with zero attached hydrogens (tertiary/aromatic N) is 2. The number of rotatable bonds is 6. The van der Waals surface area contributed by atoms with Crippen LogP contribution >= 0.6 is 0 Å². The van der Waals surface area contributed by atoms with Crippen LogP contribution in [0.4, 0.5) is 0 Å². The molecule has 1 aliphatic rings. The van der Waals surface area contributed by atoms with Gasteiger partial charge in [0.1, 0.15) is 5.54 Å². The predicted molar refractivity (Wildman–Crippen MR) is 77.2 cm³/mol. The molecule has 0 aromatic carbocycles. The number of likely N-dealkylation sites (N-methyl/N-ethyl adjacent to an activating group) is 1. The summed E-state index contributed by atoms with van der Waals surface area (Å²) in [6.07, 6.45) is 1.19. The van der Waals surface area contributed by atoms with E-state index in [0.29, 0.717) is 12.6 Å². The van der Waals surface area contributed by atoms with Gasteiger partial charge in [-0.15, -0.1) is 0 Å². The SMILES string of the molecule is CCC(C)N1CCN(CC(C)(NC)C(=O)OC)CC1. The van der Waals surface area contributed by atoms with Gasteiger partial charge in [-0.1, -0.05) is 6.92 Å². The molecule has 19 heavy (non-hydrogen) atoms. The van der Waals surface area contributed by atoms with Gasteiger partial charge in [0.05, 0.1) is 7.11 Å². The molecule has 1 saturated heterocycles. The Kier molecular flexibility index (Phi) is 6.23. The van der Waals surface area contributed by atoms with Crippen LogP contribution in [0.2, 0.25) is 0 Å². The van der Waals surface area contributed by atoms with Crippen molar-refractivity contribution in [2.75, 3.05) is 46.9 Å². The summed E-state index contributed by atoms with van der Waals surface area (Å²) in [7, 11) is 3.26. The first-order valence-electron chi connectivity index (χ1n) is 7.20. The summed E-state index contributed by atoms with van der Waals surface area (Å²) in [6.45, 7) is 11.3. The van der Waals surface area contributed by atoms with Crippen LogP contribution in [0.3, 0.4) is 0 Å². The van der Waals surface area contributed by atoms with Crippen LogP contribution < -0.4 is 5.32 Å². The Morgan fingerprint density at radius 1 is 1.37 bits per heavy atom. The number of piperazine rings is 1. The molecule has 5 heteroatoms. The molecular formula is C14H29N3O2. The topological polar surface area (TPSA) is 44.8 Å². The van der Waals surface area contributed by atoms with Crippen molar-refractivity contribution in [2.45, 2.75) is 38.8 Å². The standard InChI is InChI=1S/C14H29N3O2/c1-6-12(2)17-9-7-16(8-10-17)11-14(3,15-4)13(18)19-5/h12,15H,6-11H2,1-5H3. The van der Waals surface area contributed by atoms with Gasteiger partial charge in [-0.3, -0.25) is 14.6 Å². The van der Waals surface area contributed by atoms with E-state index in [1.54, 1.807) is 0 Å². The lowest BCUT2D eigenvalue weighted by molar-refractivity contribution is -0.148. The molecule has 1 rings (SSSR count). The summed E-state index contributed by atoms with van der Waals surface area (Å²) in [4.78, 5) is 16.7. The highest BCUT2D eigenvalue weighted by Crippen LogP contribution is 2.13. The third-order valence-corrected chi connectivity index (χ3v) is 4.35. The third-order valence-electron chi connectivity index (χ3n) is 4.35. The van der Waals surface area contributed by atoms with E-state index in [-0.39, 0.29) is 5.97 Å². The molecule has 1 aliphatic heterocycles. The molecule has 0 saturated carbocycles. The number of esters is 1. The summed E-state index contributed by atoms with van der Waals surface area (Å²) in [5, 5.41) is 3.09. The lowest BCUT2D eigenvalue weighted by atomic mass is 10.0. The van der Waals surface area contributed by atoms with Crippen molar-refractivity contribution < 1.29 is 9.53 Å². The summed E-state index contributed by atoms with van der Waals surface area (Å²) >= 11 is 0. The van der Waals surface area contributed by atoms with E-state index in [2.05, 4.69) is 29.0 Å². The summed E-state index contributed by atoms with van der Waals surface area (Å²) in [5.74, 6) is -0.195. The molecule has 2 unspecified atom stereocenters. The average molecular weight is 271 g/mol. The molecule has 1 heterocycles. The summed E-state index contributed by atoms with van der Waals surface area (Å²) in [6, 6.07) is 0.651. The molecule has 0 radical (unpaired) electrons. The fourth-order valence-electron chi connectivity index (χ4n) is 2.54. The van der Waals surface area contributed by atoms with Gasteiger partial charge in [0.2, 0.25) is 0 Å². The largest absolute Gasteiger partial charge is 0.468 e. The Morgan fingerprint density at radius 2 is 1.95 bits per heavy atom. The van der Waals surface area contributed by atoms with Crippen molar-refractivity contribution in [3.8, 4) is 0 Å². The van der Waals surface area contributed by atoms with E-state index in [1.807, 2.05) is 14.0 Å². The molecule has 0 bridgehead atoms. The molecule has 1 fully saturated rings. The number of carbonyl (C=O) groups excluding carboxylic acids is 1. The van der Waals surface area contributed by atoms with Gasteiger partial charge >= 0.3 is 5.97 Å². The maximum atomic E-state index is 11.8. The summed E-state index contributed by atoms with van der Waals surface area (Å²) in [5.41, 5.74) is -0.618. The number of hydrogen-bond donors (Lipinski definition) is 1. The first-order valence-corrected chi connectivity index (χ1v) is 7.20. The van der Waals surface area contributed by atoms with Crippen molar-refractivity contribution in [1.29, 1.82) is 0 Å². The average Bonchev–Trinajstić information content (AvgIpc) is 2.46. The van der Waals surface area contributed by atoms with Crippen LogP contribution in [0.25, 0.3) is 0 Å². The number of nitrogens with one attached hydrogen (secondary N) is 1. The smallest absolute Gasteiger partial charge is 0.327 e. The summed E-state index contributed by atoms with van der Waals surface area (Å²) < 4.78 is 4.89. The fourth-order valence-corrected chi connectivity index (χ4v) is 2.54. The Bertz CT molecular complexity index is 290. The monoisotopic (exact) mass is 271 g/mol. The van der Waals surface area contributed by atoms with Crippen LogP contribution in [0.15, 0.2) is 0 Å². The minimum absolute atomic E-state index is 0.195. The zero-order chi connectivity index (χ0) is 14.5. The lowest BCUT2D eigenvalue weighted by Gasteiger charge is -2.40. The molecule has 0 spiro atoms. The van der Waals surface area contributed by atoms with Gasteiger partial charge in [0, 0.05) is 38.8 Å². The minimum atomic E-state index is -0.618. The number of methoxy groups -OCH3 is 1. The highest BCUT2D eigenvalue weighted by atomic mass is 16.5. The molecule has 2 atom stereocenters. The maximum Gasteiger partial charge on any atom is 0.327 e. The Morgan fingerprint density at radius 3 is 2.37 bits per heavy atom. The van der Waals surface area contributed by atoms with Crippen molar-refractivity contribution >= 4 is 5.97 Å². The second kappa shape index (κ2) is 7.22. The predicted octanol–water partition coefficient (Wildman–Crippen LogP) is 0.554. The molecule has 112 valence electrons. The Hall–Kier alpha value is -0.650. The number of carbonyl (C=O) groups is 1. The van der Waals surface area contributed by atoms with Crippen LogP contribution in [0.1, 0.15) is 27.2 Å². The van der Waals surface area contributed by atoms with E-state index in [9.17, 15) is 4.79 Å². The van der Waals surface area contributed by atoms with Gasteiger partial charge in [0.15, 0.2) is 0 Å². The fraction of sp³-hybridized carbons (Fsp3) is 0.929. The molecular weight excluding hydrogens is 242 g/mol. The van der Waals surface area contributed by atoms with Crippen LogP contribution in [-0.2, 0) is 9.53 Å². The third kappa shape index (κ3) is 4.16. The number of ether oxygens (including phenoxy) is 1. The quantitative estimate of drug-likeness (QED) is 0.715. The maximum absolute atomic E-state index is 11.8. The van der Waals surface area contributed by atoms with Crippen molar-refractivity contribution in [3.05, 3.63) is 0 Å². The van der Waals surface area contributed by atoms with E-state index < -0.39 is 5.54 Å². The normalized spacial score (nSPS) is 22.8. The van der Waals surface area contributed by atoms with Crippen LogP contribution in [0.5, 0.6) is 0 Å². The molecule has 0 aliphatic carbocycles. The minimum Gasteiger partial charge on any atom is -0.468 e.